The molecule has 2 unspecified atom stereocenters. The molecule has 0 spiro atoms. The number of carbonyl (C=O) groups excluding carboxylic acids is 2. The van der Waals surface area contributed by atoms with Crippen molar-refractivity contribution in [1.82, 2.24) is 16.0 Å². The predicted octanol–water partition coefficient (Wildman–Crippen LogP) is 2.04. The molecule has 204 valence electrons. The number of hydrogen-bond donors (Lipinski definition) is 7. The number of carboxylic acids is 1. The number of anilines is 1. The molecule has 1 aliphatic heterocycles. The second kappa shape index (κ2) is 12.1. The number of aromatic hydroxyl groups is 1. The van der Waals surface area contributed by atoms with Gasteiger partial charge in [0.15, 0.2) is 5.96 Å². The van der Waals surface area contributed by atoms with E-state index >= 15 is 0 Å². The average Bonchev–Trinajstić information content (AvgIpc) is 2.82. The molecule has 0 radical (unpaired) electrons. The van der Waals surface area contributed by atoms with Gasteiger partial charge in [-0.05, 0) is 49.2 Å². The zero-order valence-electron chi connectivity index (χ0n) is 20.7. The van der Waals surface area contributed by atoms with Crippen LogP contribution in [0.1, 0.15) is 47.8 Å². The number of halogens is 2. The standard InChI is InChI=1S/C25H29ClFN5O6/c1-25(2,38)15-3-13(4-16(26)7-15)20(9-22(35)36)32-21(34)12-28-23(37)14-5-18(8-19(33)6-14)31-24-29-10-17(27)11-30-24/h3-8,17,20,33,38H,9-12H2,1-2H3,(H,28,37)(H,32,34)(H,35,36)(H2,29,30,31). The molecule has 1 heterocycles. The van der Waals surface area contributed by atoms with Crippen molar-refractivity contribution >= 4 is 41.0 Å². The molecule has 2 aromatic rings. The van der Waals surface area contributed by atoms with Crippen molar-refractivity contribution < 1.29 is 34.1 Å². The summed E-state index contributed by atoms with van der Waals surface area (Å²) in [6.45, 7) is 2.66. The summed E-state index contributed by atoms with van der Waals surface area (Å²) < 4.78 is 13.2. The second-order valence-corrected chi connectivity index (χ2v) is 9.73. The highest BCUT2D eigenvalue weighted by Crippen LogP contribution is 2.29. The van der Waals surface area contributed by atoms with E-state index in [1.165, 1.54) is 30.3 Å². The smallest absolute Gasteiger partial charge is 0.305 e. The van der Waals surface area contributed by atoms with Gasteiger partial charge in [0.2, 0.25) is 5.91 Å². The van der Waals surface area contributed by atoms with Crippen molar-refractivity contribution in [1.29, 1.82) is 0 Å². The number of carboxylic acid groups (broad SMARTS) is 1. The number of carbonyl (C=O) groups is 3. The lowest BCUT2D eigenvalue weighted by Crippen LogP contribution is -2.41. The summed E-state index contributed by atoms with van der Waals surface area (Å²) in [5, 5.41) is 40.5. The molecule has 38 heavy (non-hydrogen) atoms. The van der Waals surface area contributed by atoms with Gasteiger partial charge in [-0.1, -0.05) is 17.7 Å². The van der Waals surface area contributed by atoms with E-state index in [1.807, 2.05) is 0 Å². The molecule has 0 aliphatic carbocycles. The Morgan fingerprint density at radius 2 is 1.95 bits per heavy atom. The number of aliphatic imine (C=N–C) groups is 1. The monoisotopic (exact) mass is 549 g/mol. The Labute approximate surface area is 223 Å². The van der Waals surface area contributed by atoms with Crippen LogP contribution < -0.4 is 21.3 Å². The molecule has 0 bridgehead atoms. The van der Waals surface area contributed by atoms with Crippen molar-refractivity contribution in [3.63, 3.8) is 0 Å². The maximum Gasteiger partial charge on any atom is 0.305 e. The number of aliphatic carboxylic acids is 1. The Hall–Kier alpha value is -3.90. The lowest BCUT2D eigenvalue weighted by atomic mass is 9.93. The van der Waals surface area contributed by atoms with Crippen LogP contribution in [0.25, 0.3) is 0 Å². The van der Waals surface area contributed by atoms with Gasteiger partial charge in [-0.25, -0.2) is 9.38 Å². The maximum atomic E-state index is 13.2. The lowest BCUT2D eigenvalue weighted by molar-refractivity contribution is -0.137. The summed E-state index contributed by atoms with van der Waals surface area (Å²) in [6.07, 6.45) is -1.57. The molecule has 0 aromatic heterocycles. The van der Waals surface area contributed by atoms with Gasteiger partial charge in [-0.2, -0.15) is 0 Å². The van der Waals surface area contributed by atoms with Crippen molar-refractivity contribution in [3.8, 4) is 5.75 Å². The summed E-state index contributed by atoms with van der Waals surface area (Å²) in [5.41, 5.74) is -0.0979. The summed E-state index contributed by atoms with van der Waals surface area (Å²) in [5.74, 6) is -2.47. The Morgan fingerprint density at radius 1 is 1.21 bits per heavy atom. The van der Waals surface area contributed by atoms with E-state index in [1.54, 1.807) is 19.9 Å². The first-order valence-corrected chi connectivity index (χ1v) is 12.0. The molecule has 0 saturated carbocycles. The molecular formula is C25H29ClFN5O6. The third-order valence-corrected chi connectivity index (χ3v) is 5.75. The molecule has 0 saturated heterocycles. The first-order chi connectivity index (χ1) is 17.8. The van der Waals surface area contributed by atoms with Crippen LogP contribution >= 0.6 is 11.6 Å². The number of rotatable bonds is 9. The van der Waals surface area contributed by atoms with Gasteiger partial charge in [0.1, 0.15) is 11.9 Å². The van der Waals surface area contributed by atoms with Gasteiger partial charge in [0.25, 0.3) is 5.91 Å². The van der Waals surface area contributed by atoms with Gasteiger partial charge < -0.3 is 36.6 Å². The van der Waals surface area contributed by atoms with Crippen molar-refractivity contribution in [2.24, 2.45) is 4.99 Å². The average molecular weight is 550 g/mol. The molecule has 1 aliphatic rings. The third-order valence-electron chi connectivity index (χ3n) is 5.53. The van der Waals surface area contributed by atoms with Crippen molar-refractivity contribution in [2.45, 2.75) is 38.1 Å². The van der Waals surface area contributed by atoms with E-state index in [4.69, 9.17) is 11.6 Å². The molecule has 2 atom stereocenters. The maximum absolute atomic E-state index is 13.2. The molecule has 3 rings (SSSR count). The molecule has 0 fully saturated rings. The van der Waals surface area contributed by atoms with Crippen LogP contribution in [0.5, 0.6) is 5.75 Å². The summed E-state index contributed by atoms with van der Waals surface area (Å²) in [7, 11) is 0. The number of nitrogens with zero attached hydrogens (tertiary/aromatic N) is 1. The fourth-order valence-corrected chi connectivity index (χ4v) is 3.90. The number of phenolic OH excluding ortho intramolecular Hbond substituents is 1. The normalized spacial score (nSPS) is 16.0. The van der Waals surface area contributed by atoms with Gasteiger partial charge in [-0.15, -0.1) is 0 Å². The van der Waals surface area contributed by atoms with Crippen LogP contribution in [-0.4, -0.2) is 64.9 Å². The second-order valence-electron chi connectivity index (χ2n) is 9.29. The Kier molecular flexibility index (Phi) is 9.13. The number of aliphatic hydroxyl groups is 1. The van der Waals surface area contributed by atoms with Crippen molar-refractivity contribution in [3.05, 3.63) is 58.1 Å². The van der Waals surface area contributed by atoms with E-state index in [0.717, 1.165) is 0 Å². The molecule has 2 amide bonds. The van der Waals surface area contributed by atoms with Crippen LogP contribution in [0.2, 0.25) is 5.02 Å². The number of hydrogen-bond acceptors (Lipinski definition) is 8. The van der Waals surface area contributed by atoms with Crippen LogP contribution in [0.4, 0.5) is 10.1 Å². The van der Waals surface area contributed by atoms with Gasteiger partial charge in [0.05, 0.1) is 37.7 Å². The van der Waals surface area contributed by atoms with E-state index in [2.05, 4.69) is 26.3 Å². The van der Waals surface area contributed by atoms with Crippen LogP contribution in [-0.2, 0) is 15.2 Å². The highest BCUT2D eigenvalue weighted by Gasteiger charge is 2.23. The van der Waals surface area contributed by atoms with Crippen LogP contribution in [0.15, 0.2) is 41.4 Å². The van der Waals surface area contributed by atoms with Gasteiger partial charge in [-0.3, -0.25) is 14.4 Å². The topological polar surface area (TPSA) is 172 Å². The zero-order chi connectivity index (χ0) is 28.0. The number of alkyl halides is 1. The molecule has 7 N–H and O–H groups in total. The fraction of sp³-hybridized carbons (Fsp3) is 0.360. The Balaban J connectivity index is 1.67. The van der Waals surface area contributed by atoms with E-state index < -0.39 is 48.6 Å². The summed E-state index contributed by atoms with van der Waals surface area (Å²) in [6, 6.07) is 7.56. The largest absolute Gasteiger partial charge is 0.508 e. The number of guanidine groups is 1. The SMILES string of the molecule is CC(C)(O)c1cc(Cl)cc(C(CC(=O)O)NC(=O)CNC(=O)c2cc(O)cc(NC3=NCC(F)CN3)c2)c1. The van der Waals surface area contributed by atoms with E-state index in [-0.39, 0.29) is 35.4 Å². The first-order valence-electron chi connectivity index (χ1n) is 11.7. The quantitative estimate of drug-likeness (QED) is 0.249. The number of nitrogens with one attached hydrogen (secondary N) is 4. The minimum absolute atomic E-state index is 0.0201. The molecule has 13 heteroatoms. The molecule has 11 nitrogen and oxygen atoms in total. The fourth-order valence-electron chi connectivity index (χ4n) is 3.65. The first kappa shape index (κ1) is 28.7. The number of amides is 2. The predicted molar refractivity (Wildman–Crippen MR) is 139 cm³/mol. The van der Waals surface area contributed by atoms with Crippen LogP contribution in [0, 0.1) is 0 Å². The minimum atomic E-state index is -1.25. The number of phenols is 1. The third kappa shape index (κ3) is 8.32. The molecular weight excluding hydrogens is 521 g/mol. The highest BCUT2D eigenvalue weighted by atomic mass is 35.5. The van der Waals surface area contributed by atoms with Crippen LogP contribution in [0.3, 0.4) is 0 Å². The number of benzene rings is 2. The summed E-state index contributed by atoms with van der Waals surface area (Å²) in [4.78, 5) is 40.7. The summed E-state index contributed by atoms with van der Waals surface area (Å²) >= 11 is 6.16. The van der Waals surface area contributed by atoms with E-state index in [9.17, 15) is 34.1 Å². The Bertz CT molecular complexity index is 1250. The Morgan fingerprint density at radius 3 is 2.58 bits per heavy atom. The van der Waals surface area contributed by atoms with E-state index in [0.29, 0.717) is 16.8 Å². The highest BCUT2D eigenvalue weighted by molar-refractivity contribution is 6.30. The zero-order valence-corrected chi connectivity index (χ0v) is 21.5. The van der Waals surface area contributed by atoms with Gasteiger partial charge in [0, 0.05) is 22.3 Å². The molecule has 2 aromatic carbocycles. The lowest BCUT2D eigenvalue weighted by Gasteiger charge is -2.23. The van der Waals surface area contributed by atoms with Crippen molar-refractivity contribution in [2.75, 3.05) is 25.0 Å². The minimum Gasteiger partial charge on any atom is -0.508 e. The van der Waals surface area contributed by atoms with Gasteiger partial charge >= 0.3 is 5.97 Å².